The number of halogens is 4. The molecule has 0 spiro atoms. The lowest BCUT2D eigenvalue weighted by molar-refractivity contribution is -0.139. The van der Waals surface area contributed by atoms with E-state index in [-0.39, 0.29) is 0 Å². The number of nitrogens with zero attached hydrogens (tertiary/aromatic N) is 1. The fourth-order valence-electron chi connectivity index (χ4n) is 1.90. The van der Waals surface area contributed by atoms with Gasteiger partial charge in [0, 0.05) is 18.8 Å². The SMILES string of the molecule is Fc1ccc(N2CCCC2)cc1C(F)(F)F. The van der Waals surface area contributed by atoms with E-state index in [9.17, 15) is 17.6 Å². The topological polar surface area (TPSA) is 3.24 Å². The first kappa shape index (κ1) is 11.2. The minimum atomic E-state index is -4.63. The molecule has 2 rings (SSSR count). The van der Waals surface area contributed by atoms with E-state index in [1.807, 2.05) is 4.90 Å². The Kier molecular flexibility index (Phi) is 2.78. The largest absolute Gasteiger partial charge is 0.419 e. The third-order valence-electron chi connectivity index (χ3n) is 2.73. The van der Waals surface area contributed by atoms with Crippen LogP contribution in [-0.2, 0) is 6.18 Å². The van der Waals surface area contributed by atoms with Gasteiger partial charge in [-0.1, -0.05) is 0 Å². The molecule has 0 aliphatic carbocycles. The Balaban J connectivity index is 2.35. The Hall–Kier alpha value is -1.26. The molecule has 5 heteroatoms. The normalized spacial score (nSPS) is 16.9. The first-order chi connectivity index (χ1) is 7.48. The third kappa shape index (κ3) is 2.13. The molecule has 0 bridgehead atoms. The van der Waals surface area contributed by atoms with Crippen LogP contribution >= 0.6 is 0 Å². The van der Waals surface area contributed by atoms with Gasteiger partial charge in [-0.3, -0.25) is 0 Å². The van der Waals surface area contributed by atoms with Gasteiger partial charge in [-0.05, 0) is 31.0 Å². The second kappa shape index (κ2) is 3.96. The Labute approximate surface area is 90.7 Å². The molecule has 88 valence electrons. The minimum Gasteiger partial charge on any atom is -0.372 e. The van der Waals surface area contributed by atoms with E-state index in [0.717, 1.165) is 38.1 Å². The Morgan fingerprint density at radius 1 is 1.06 bits per heavy atom. The quantitative estimate of drug-likeness (QED) is 0.671. The standard InChI is InChI=1S/C11H11F4N/c12-10-4-3-8(16-5-1-2-6-16)7-9(10)11(13,14)15/h3-4,7H,1-2,5-6H2. The second-order valence-electron chi connectivity index (χ2n) is 3.86. The highest BCUT2D eigenvalue weighted by molar-refractivity contribution is 5.50. The summed E-state index contributed by atoms with van der Waals surface area (Å²) in [5.41, 5.74) is -0.733. The molecule has 1 fully saturated rings. The second-order valence-corrected chi connectivity index (χ2v) is 3.86. The first-order valence-electron chi connectivity index (χ1n) is 5.10. The highest BCUT2D eigenvalue weighted by Gasteiger charge is 2.34. The van der Waals surface area contributed by atoms with E-state index in [4.69, 9.17) is 0 Å². The smallest absolute Gasteiger partial charge is 0.372 e. The monoisotopic (exact) mass is 233 g/mol. The molecular formula is C11H11F4N. The van der Waals surface area contributed by atoms with Crippen molar-refractivity contribution in [3.8, 4) is 0 Å². The van der Waals surface area contributed by atoms with Crippen LogP contribution in [0.3, 0.4) is 0 Å². The van der Waals surface area contributed by atoms with Crippen LogP contribution in [0.1, 0.15) is 18.4 Å². The maximum absolute atomic E-state index is 13.0. The van der Waals surface area contributed by atoms with Gasteiger partial charge in [0.05, 0.1) is 5.56 Å². The molecule has 1 aromatic rings. The lowest BCUT2D eigenvalue weighted by atomic mass is 10.1. The third-order valence-corrected chi connectivity index (χ3v) is 2.73. The molecular weight excluding hydrogens is 222 g/mol. The van der Waals surface area contributed by atoms with Crippen LogP contribution in [0, 0.1) is 5.82 Å². The number of benzene rings is 1. The lowest BCUT2D eigenvalue weighted by Crippen LogP contribution is -2.19. The van der Waals surface area contributed by atoms with Gasteiger partial charge in [-0.2, -0.15) is 13.2 Å². The lowest BCUT2D eigenvalue weighted by Gasteiger charge is -2.19. The van der Waals surface area contributed by atoms with Gasteiger partial charge < -0.3 is 4.90 Å². The maximum Gasteiger partial charge on any atom is 0.419 e. The zero-order valence-corrected chi connectivity index (χ0v) is 8.52. The number of hydrogen-bond donors (Lipinski definition) is 0. The summed E-state index contributed by atoms with van der Waals surface area (Å²) < 4.78 is 50.4. The van der Waals surface area contributed by atoms with Crippen LogP contribution in [0.25, 0.3) is 0 Å². The van der Waals surface area contributed by atoms with Gasteiger partial charge in [0.2, 0.25) is 0 Å². The van der Waals surface area contributed by atoms with Gasteiger partial charge >= 0.3 is 6.18 Å². The molecule has 1 aromatic carbocycles. The maximum atomic E-state index is 13.0. The van der Waals surface area contributed by atoms with Crippen molar-refractivity contribution < 1.29 is 17.6 Å². The van der Waals surface area contributed by atoms with Crippen molar-refractivity contribution >= 4 is 5.69 Å². The summed E-state index contributed by atoms with van der Waals surface area (Å²) in [6.45, 7) is 1.48. The molecule has 1 heterocycles. The average Bonchev–Trinajstić information content (AvgIpc) is 2.69. The Bertz CT molecular complexity index is 380. The van der Waals surface area contributed by atoms with Gasteiger partial charge in [0.15, 0.2) is 0 Å². The van der Waals surface area contributed by atoms with Crippen LogP contribution in [0.4, 0.5) is 23.2 Å². The van der Waals surface area contributed by atoms with Crippen LogP contribution in [-0.4, -0.2) is 13.1 Å². The molecule has 0 radical (unpaired) electrons. The number of rotatable bonds is 1. The molecule has 1 saturated heterocycles. The van der Waals surface area contributed by atoms with Crippen molar-refractivity contribution in [3.05, 3.63) is 29.6 Å². The molecule has 0 unspecified atom stereocenters. The summed E-state index contributed by atoms with van der Waals surface area (Å²) in [6, 6.07) is 3.17. The fourth-order valence-corrected chi connectivity index (χ4v) is 1.90. The van der Waals surface area contributed by atoms with Crippen LogP contribution < -0.4 is 4.90 Å². The molecule has 16 heavy (non-hydrogen) atoms. The summed E-state index contributed by atoms with van der Waals surface area (Å²) in [5.74, 6) is -1.21. The zero-order chi connectivity index (χ0) is 11.8. The average molecular weight is 233 g/mol. The van der Waals surface area contributed by atoms with E-state index in [2.05, 4.69) is 0 Å². The molecule has 0 amide bonds. The highest BCUT2D eigenvalue weighted by atomic mass is 19.4. The van der Waals surface area contributed by atoms with E-state index in [0.29, 0.717) is 5.69 Å². The predicted molar refractivity (Wildman–Crippen MR) is 52.8 cm³/mol. The Morgan fingerprint density at radius 2 is 1.69 bits per heavy atom. The van der Waals surface area contributed by atoms with Gasteiger partial charge in [-0.15, -0.1) is 0 Å². The highest BCUT2D eigenvalue weighted by Crippen LogP contribution is 2.34. The van der Waals surface area contributed by atoms with Crippen LogP contribution in [0.2, 0.25) is 0 Å². The molecule has 1 aliphatic heterocycles. The number of hydrogen-bond acceptors (Lipinski definition) is 1. The van der Waals surface area contributed by atoms with Crippen molar-refractivity contribution in [1.82, 2.24) is 0 Å². The molecule has 0 atom stereocenters. The zero-order valence-electron chi connectivity index (χ0n) is 8.52. The van der Waals surface area contributed by atoms with Crippen molar-refractivity contribution in [1.29, 1.82) is 0 Å². The van der Waals surface area contributed by atoms with E-state index in [1.165, 1.54) is 6.07 Å². The summed E-state index contributed by atoms with van der Waals surface area (Å²) >= 11 is 0. The van der Waals surface area contributed by atoms with Gasteiger partial charge in [0.1, 0.15) is 5.82 Å². The molecule has 0 aromatic heterocycles. The predicted octanol–water partition coefficient (Wildman–Crippen LogP) is 3.44. The summed E-state index contributed by atoms with van der Waals surface area (Å²) in [5, 5.41) is 0. The van der Waals surface area contributed by atoms with Crippen LogP contribution in [0.5, 0.6) is 0 Å². The van der Waals surface area contributed by atoms with Crippen molar-refractivity contribution in [2.45, 2.75) is 19.0 Å². The van der Waals surface area contributed by atoms with Crippen molar-refractivity contribution in [3.63, 3.8) is 0 Å². The van der Waals surface area contributed by atoms with E-state index >= 15 is 0 Å². The number of alkyl halides is 3. The summed E-state index contributed by atoms with van der Waals surface area (Å²) in [4.78, 5) is 1.84. The van der Waals surface area contributed by atoms with E-state index < -0.39 is 17.6 Å². The first-order valence-corrected chi connectivity index (χ1v) is 5.10. The van der Waals surface area contributed by atoms with Gasteiger partial charge in [0.25, 0.3) is 0 Å². The van der Waals surface area contributed by atoms with Crippen LogP contribution in [0.15, 0.2) is 18.2 Å². The van der Waals surface area contributed by atoms with Gasteiger partial charge in [-0.25, -0.2) is 4.39 Å². The number of anilines is 1. The van der Waals surface area contributed by atoms with Crippen molar-refractivity contribution in [2.75, 3.05) is 18.0 Å². The summed E-state index contributed by atoms with van der Waals surface area (Å²) in [6.07, 6.45) is -2.68. The molecule has 0 saturated carbocycles. The molecule has 0 N–H and O–H groups in total. The Morgan fingerprint density at radius 3 is 2.25 bits per heavy atom. The van der Waals surface area contributed by atoms with E-state index in [1.54, 1.807) is 0 Å². The minimum absolute atomic E-state index is 0.450. The molecule has 1 nitrogen and oxygen atoms in total. The molecule has 1 aliphatic rings. The van der Waals surface area contributed by atoms with Crippen molar-refractivity contribution in [2.24, 2.45) is 0 Å². The summed E-state index contributed by atoms with van der Waals surface area (Å²) in [7, 11) is 0. The fraction of sp³-hybridized carbons (Fsp3) is 0.455.